The summed E-state index contributed by atoms with van der Waals surface area (Å²) in [5.74, 6) is -0.756. The molecule has 27 heavy (non-hydrogen) atoms. The minimum atomic E-state index is -4.86. The predicted molar refractivity (Wildman–Crippen MR) is 111 cm³/mol. The van der Waals surface area contributed by atoms with Gasteiger partial charge in [-0.05, 0) is 6.42 Å². The number of hydrogen-bond donors (Lipinski definition) is 4. The van der Waals surface area contributed by atoms with E-state index in [2.05, 4.69) is 6.92 Å². The van der Waals surface area contributed by atoms with Gasteiger partial charge >= 0.3 is 7.60 Å². The molecule has 0 aliphatic heterocycles. The largest absolute Gasteiger partial charge is 0.393 e. The molecule has 1 atom stereocenters. The summed E-state index contributed by atoms with van der Waals surface area (Å²) < 4.78 is 11.3. The molecule has 0 amide bonds. The van der Waals surface area contributed by atoms with E-state index in [4.69, 9.17) is 20.6 Å². The number of aliphatic hydroxyl groups excluding tert-OH is 1. The molecule has 0 bridgehead atoms. The number of carbonyl (C=O) groups excluding carboxylic acids is 1. The summed E-state index contributed by atoms with van der Waals surface area (Å²) in [4.78, 5) is 30.2. The maximum absolute atomic E-state index is 11.9. The summed E-state index contributed by atoms with van der Waals surface area (Å²) in [7, 11) is -4.86. The number of aliphatic hydroxyl groups is 1. The Balaban J connectivity index is 3.50. The molecule has 5 N–H and O–H groups in total. The Labute approximate surface area is 165 Å². The van der Waals surface area contributed by atoms with Crippen molar-refractivity contribution in [3.8, 4) is 0 Å². The fourth-order valence-electron chi connectivity index (χ4n) is 3.22. The van der Waals surface area contributed by atoms with Gasteiger partial charge in [0.2, 0.25) is 5.28 Å². The lowest BCUT2D eigenvalue weighted by molar-refractivity contribution is -0.123. The lowest BCUT2D eigenvalue weighted by atomic mass is 10.0. The fraction of sp³-hybridized carbons (Fsp3) is 0.950. The normalized spacial score (nSPS) is 14.3. The Kier molecular flexibility index (Phi) is 15.5. The van der Waals surface area contributed by atoms with Crippen molar-refractivity contribution in [1.29, 1.82) is 0 Å². The molecule has 0 aliphatic carbocycles. The molecule has 0 heterocycles. The molecule has 0 radical (unpaired) electrons. The van der Waals surface area contributed by atoms with Crippen molar-refractivity contribution in [2.45, 2.75) is 115 Å². The topological polar surface area (TPSA) is 121 Å². The van der Waals surface area contributed by atoms with Gasteiger partial charge in [0.15, 0.2) is 5.78 Å². The lowest BCUT2D eigenvalue weighted by Gasteiger charge is -2.26. The second kappa shape index (κ2) is 15.6. The van der Waals surface area contributed by atoms with Crippen LogP contribution in [0, 0.1) is 0 Å². The number of unbranched alkanes of at least 4 members (excludes halogenated alkanes) is 14. The second-order valence-electron chi connectivity index (χ2n) is 7.75. The van der Waals surface area contributed by atoms with Crippen LogP contribution < -0.4 is 5.73 Å². The van der Waals surface area contributed by atoms with E-state index >= 15 is 0 Å². The maximum atomic E-state index is 11.9. The molecule has 0 aromatic heterocycles. The van der Waals surface area contributed by atoms with Gasteiger partial charge in [0.05, 0.1) is 6.61 Å². The average Bonchev–Trinajstić information content (AvgIpc) is 2.62. The minimum absolute atomic E-state index is 0.000423. The van der Waals surface area contributed by atoms with Crippen molar-refractivity contribution in [3.05, 3.63) is 0 Å². The Morgan fingerprint density at radius 2 is 1.11 bits per heavy atom. The molecule has 1 unspecified atom stereocenters. The molecule has 0 fully saturated rings. The molecule has 0 rings (SSSR count). The maximum Gasteiger partial charge on any atom is 0.355 e. The highest BCUT2D eigenvalue weighted by molar-refractivity contribution is 7.54. The molecule has 162 valence electrons. The van der Waals surface area contributed by atoms with Crippen LogP contribution in [0.3, 0.4) is 0 Å². The van der Waals surface area contributed by atoms with E-state index in [1.165, 1.54) is 70.6 Å². The van der Waals surface area contributed by atoms with Crippen molar-refractivity contribution < 1.29 is 24.3 Å². The molecule has 6 nitrogen and oxygen atoms in total. The van der Waals surface area contributed by atoms with Gasteiger partial charge in [0, 0.05) is 6.42 Å². The van der Waals surface area contributed by atoms with Crippen LogP contribution in [0.5, 0.6) is 0 Å². The van der Waals surface area contributed by atoms with Crippen LogP contribution >= 0.6 is 7.60 Å². The van der Waals surface area contributed by atoms with Gasteiger partial charge in [0.1, 0.15) is 0 Å². The van der Waals surface area contributed by atoms with E-state index in [1.807, 2.05) is 0 Å². The van der Waals surface area contributed by atoms with Crippen LogP contribution in [0.15, 0.2) is 0 Å². The summed E-state index contributed by atoms with van der Waals surface area (Å²) in [5.41, 5.74) is 5.42. The van der Waals surface area contributed by atoms with Gasteiger partial charge in [-0.1, -0.05) is 96.8 Å². The standard InChI is InChI=1S/C20H42NO5P/c1-2-3-4-5-6-7-8-9-10-11-12-13-14-15-16-17-19(23)20(21,18-22)27(24,25)26/h22H,2-18,21H2,1H3,(H2,24,25,26). The Hall–Kier alpha value is -0.260. The van der Waals surface area contributed by atoms with E-state index in [-0.39, 0.29) is 6.42 Å². The van der Waals surface area contributed by atoms with Crippen LogP contribution in [0.1, 0.15) is 110 Å². The minimum Gasteiger partial charge on any atom is -0.393 e. The third kappa shape index (κ3) is 12.0. The zero-order valence-electron chi connectivity index (χ0n) is 17.2. The monoisotopic (exact) mass is 407 g/mol. The third-order valence-corrected chi connectivity index (χ3v) is 6.68. The van der Waals surface area contributed by atoms with Gasteiger partial charge in [-0.2, -0.15) is 0 Å². The number of carbonyl (C=O) groups is 1. The van der Waals surface area contributed by atoms with Crippen molar-refractivity contribution in [3.63, 3.8) is 0 Å². The first-order chi connectivity index (χ1) is 12.8. The summed E-state index contributed by atoms with van der Waals surface area (Å²) in [6, 6.07) is 0. The number of rotatable bonds is 19. The first-order valence-corrected chi connectivity index (χ1v) is 12.4. The highest BCUT2D eigenvalue weighted by Crippen LogP contribution is 2.47. The Morgan fingerprint density at radius 1 is 0.778 bits per heavy atom. The number of hydrogen-bond acceptors (Lipinski definition) is 4. The van der Waals surface area contributed by atoms with Gasteiger partial charge in [-0.15, -0.1) is 0 Å². The molecule has 0 aromatic carbocycles. The fourth-order valence-corrected chi connectivity index (χ4v) is 3.84. The van der Waals surface area contributed by atoms with Crippen molar-refractivity contribution in [2.75, 3.05) is 6.61 Å². The lowest BCUT2D eigenvalue weighted by Crippen LogP contribution is -2.50. The highest BCUT2D eigenvalue weighted by atomic mass is 31.2. The van der Waals surface area contributed by atoms with Crippen LogP contribution in [-0.4, -0.2) is 32.6 Å². The summed E-state index contributed by atoms with van der Waals surface area (Å²) in [5, 5.41) is 6.64. The third-order valence-electron chi connectivity index (χ3n) is 5.25. The first-order valence-electron chi connectivity index (χ1n) is 10.8. The molecule has 0 aliphatic rings. The smallest absolute Gasteiger partial charge is 0.355 e. The van der Waals surface area contributed by atoms with E-state index < -0.39 is 25.3 Å². The van der Waals surface area contributed by atoms with Crippen molar-refractivity contribution in [1.82, 2.24) is 0 Å². The quantitative estimate of drug-likeness (QED) is 0.183. The zero-order valence-corrected chi connectivity index (χ0v) is 18.1. The molecular weight excluding hydrogens is 365 g/mol. The van der Waals surface area contributed by atoms with Crippen LogP contribution in [0.4, 0.5) is 0 Å². The molecule has 0 saturated heterocycles. The van der Waals surface area contributed by atoms with Gasteiger partial charge < -0.3 is 20.6 Å². The predicted octanol–water partition coefficient (Wildman–Crippen LogP) is 4.64. The molecule has 0 aromatic rings. The van der Waals surface area contributed by atoms with Gasteiger partial charge in [-0.25, -0.2) is 0 Å². The number of nitrogens with two attached hydrogens (primary N) is 1. The van der Waals surface area contributed by atoms with E-state index in [0.717, 1.165) is 19.3 Å². The van der Waals surface area contributed by atoms with Gasteiger partial charge in [-0.3, -0.25) is 9.36 Å². The van der Waals surface area contributed by atoms with E-state index in [9.17, 15) is 9.36 Å². The van der Waals surface area contributed by atoms with Crippen LogP contribution in [0.25, 0.3) is 0 Å². The molecule has 0 spiro atoms. The van der Waals surface area contributed by atoms with E-state index in [0.29, 0.717) is 6.42 Å². The van der Waals surface area contributed by atoms with E-state index in [1.54, 1.807) is 0 Å². The van der Waals surface area contributed by atoms with Crippen molar-refractivity contribution in [2.24, 2.45) is 5.73 Å². The summed E-state index contributed by atoms with van der Waals surface area (Å²) in [6.45, 7) is 1.21. The molecule has 0 saturated carbocycles. The molecule has 7 heteroatoms. The van der Waals surface area contributed by atoms with Gasteiger partial charge in [0.25, 0.3) is 0 Å². The number of Topliss-reactive ketones (excluding diaryl/α,β-unsaturated/α-hetero) is 1. The van der Waals surface area contributed by atoms with Crippen molar-refractivity contribution >= 4 is 13.4 Å². The first kappa shape index (κ1) is 26.7. The van der Waals surface area contributed by atoms with Crippen LogP contribution in [-0.2, 0) is 9.36 Å². The highest BCUT2D eigenvalue weighted by Gasteiger charge is 2.48. The van der Waals surface area contributed by atoms with Crippen LogP contribution in [0.2, 0.25) is 0 Å². The SMILES string of the molecule is CCCCCCCCCCCCCCCCCC(=O)C(N)(CO)P(=O)(O)O. The number of ketones is 1. The second-order valence-corrected chi connectivity index (χ2v) is 9.64. The molecular formula is C20H42NO5P. The average molecular weight is 408 g/mol. The Morgan fingerprint density at radius 3 is 1.41 bits per heavy atom. The zero-order chi connectivity index (χ0) is 20.6. The Bertz CT molecular complexity index is 427. The summed E-state index contributed by atoms with van der Waals surface area (Å²) >= 11 is 0. The summed E-state index contributed by atoms with van der Waals surface area (Å²) in [6.07, 6.45) is 18.1.